The zero-order valence-electron chi connectivity index (χ0n) is 14.7. The molecule has 1 heterocycles. The number of hydrogen-bond acceptors (Lipinski definition) is 6. The number of Topliss-reactive ketones (excluding diaryl/α,β-unsaturated/α-hetero) is 1. The van der Waals surface area contributed by atoms with Crippen LogP contribution in [0.1, 0.15) is 21.5 Å². The van der Waals surface area contributed by atoms with E-state index in [1.165, 1.54) is 24.5 Å². The number of nitrogens with one attached hydrogen (secondary N) is 1. The van der Waals surface area contributed by atoms with Crippen LogP contribution in [0.5, 0.6) is 0 Å². The number of carbonyl (C=O) groups is 1. The standard InChI is InChI=1S/C19H14N4O3S2/c1-12-6-8-13(9-7-12)28(25,26)23-16-10-17(27-19-20-11-21-22-19)18(24)15-5-3-2-4-14(15)16/h2-11H,1H3,(H,20,21,22)/b23-16+. The van der Waals surface area contributed by atoms with Gasteiger partial charge in [0.15, 0.2) is 5.16 Å². The minimum absolute atomic E-state index is 0.0952. The number of carbonyl (C=O) groups excluding carboxylic acids is 1. The maximum atomic E-state index is 12.8. The van der Waals surface area contributed by atoms with Gasteiger partial charge in [-0.05, 0) is 36.9 Å². The molecule has 1 N–H and O–H groups in total. The maximum absolute atomic E-state index is 12.8. The molecule has 7 nitrogen and oxygen atoms in total. The molecule has 0 radical (unpaired) electrons. The molecular weight excluding hydrogens is 396 g/mol. The Morgan fingerprint density at radius 2 is 1.75 bits per heavy atom. The van der Waals surface area contributed by atoms with Crippen LogP contribution in [-0.2, 0) is 10.0 Å². The first kappa shape index (κ1) is 18.3. The van der Waals surface area contributed by atoms with Crippen molar-refractivity contribution in [1.29, 1.82) is 0 Å². The fraction of sp³-hybridized carbons (Fsp3) is 0.0526. The van der Waals surface area contributed by atoms with Crippen molar-refractivity contribution in [1.82, 2.24) is 15.2 Å². The number of H-pyrrole nitrogens is 1. The molecule has 0 bridgehead atoms. The Balaban J connectivity index is 1.82. The number of allylic oxidation sites excluding steroid dienone is 2. The van der Waals surface area contributed by atoms with Crippen molar-refractivity contribution in [2.24, 2.45) is 4.40 Å². The van der Waals surface area contributed by atoms with Crippen LogP contribution in [0.3, 0.4) is 0 Å². The molecule has 0 amide bonds. The fourth-order valence-electron chi connectivity index (χ4n) is 2.70. The molecule has 9 heteroatoms. The molecule has 140 valence electrons. The Bertz CT molecular complexity index is 1210. The van der Waals surface area contributed by atoms with E-state index in [0.717, 1.165) is 17.3 Å². The quantitative estimate of drug-likeness (QED) is 0.708. The second kappa shape index (κ2) is 7.17. The first-order valence-electron chi connectivity index (χ1n) is 8.25. The Labute approximate surface area is 165 Å². The maximum Gasteiger partial charge on any atom is 0.282 e. The molecule has 0 atom stereocenters. The lowest BCUT2D eigenvalue weighted by Crippen LogP contribution is -2.17. The number of ketones is 1. The van der Waals surface area contributed by atoms with Crippen LogP contribution in [0.15, 0.2) is 80.3 Å². The zero-order chi connectivity index (χ0) is 19.7. The summed E-state index contributed by atoms with van der Waals surface area (Å²) in [6.07, 6.45) is 2.81. The Hall–Kier alpha value is -3.04. The van der Waals surface area contributed by atoms with Crippen LogP contribution in [0.4, 0.5) is 0 Å². The summed E-state index contributed by atoms with van der Waals surface area (Å²) in [5.74, 6) is -0.219. The van der Waals surface area contributed by atoms with Gasteiger partial charge in [-0.15, -0.1) is 0 Å². The third kappa shape index (κ3) is 3.54. The Morgan fingerprint density at radius 1 is 1.04 bits per heavy atom. The number of benzene rings is 2. The van der Waals surface area contributed by atoms with Crippen molar-refractivity contribution in [2.75, 3.05) is 0 Å². The lowest BCUT2D eigenvalue weighted by atomic mass is 9.94. The molecule has 4 rings (SSSR count). The van der Waals surface area contributed by atoms with Gasteiger partial charge in [-0.3, -0.25) is 9.89 Å². The summed E-state index contributed by atoms with van der Waals surface area (Å²) in [5.41, 5.74) is 2.03. The van der Waals surface area contributed by atoms with E-state index in [4.69, 9.17) is 0 Å². The summed E-state index contributed by atoms with van der Waals surface area (Å²) in [6.45, 7) is 1.88. The van der Waals surface area contributed by atoms with Gasteiger partial charge < -0.3 is 0 Å². The minimum atomic E-state index is -3.94. The number of aromatic amines is 1. The van der Waals surface area contributed by atoms with E-state index in [0.29, 0.717) is 21.2 Å². The molecule has 0 fully saturated rings. The van der Waals surface area contributed by atoms with E-state index in [2.05, 4.69) is 19.6 Å². The van der Waals surface area contributed by atoms with Gasteiger partial charge in [0.2, 0.25) is 5.78 Å². The molecule has 3 aromatic rings. The van der Waals surface area contributed by atoms with E-state index < -0.39 is 10.0 Å². The second-order valence-electron chi connectivity index (χ2n) is 6.04. The van der Waals surface area contributed by atoms with Gasteiger partial charge >= 0.3 is 0 Å². The number of sulfonamides is 1. The molecule has 0 saturated heterocycles. The third-order valence-electron chi connectivity index (χ3n) is 4.08. The molecule has 1 aliphatic carbocycles. The van der Waals surface area contributed by atoms with E-state index in [1.807, 2.05) is 6.92 Å². The van der Waals surface area contributed by atoms with Crippen LogP contribution >= 0.6 is 11.8 Å². The van der Waals surface area contributed by atoms with Crippen LogP contribution in [-0.4, -0.2) is 35.1 Å². The number of rotatable bonds is 4. The predicted octanol–water partition coefficient (Wildman–Crippen LogP) is 3.16. The predicted molar refractivity (Wildman–Crippen MR) is 106 cm³/mol. The summed E-state index contributed by atoms with van der Waals surface area (Å²) in [5, 5.41) is 6.86. The third-order valence-corrected chi connectivity index (χ3v) is 6.29. The van der Waals surface area contributed by atoms with Gasteiger partial charge in [0.05, 0.1) is 15.5 Å². The highest BCUT2D eigenvalue weighted by atomic mass is 32.2. The number of aromatic nitrogens is 3. The summed E-state index contributed by atoms with van der Waals surface area (Å²) < 4.78 is 29.6. The van der Waals surface area contributed by atoms with Crippen molar-refractivity contribution < 1.29 is 13.2 Å². The van der Waals surface area contributed by atoms with Gasteiger partial charge in [-0.2, -0.15) is 17.9 Å². The molecule has 0 aliphatic heterocycles. The number of thioether (sulfide) groups is 1. The lowest BCUT2D eigenvalue weighted by Gasteiger charge is -2.16. The van der Waals surface area contributed by atoms with Crippen LogP contribution in [0.25, 0.3) is 0 Å². The smallest absolute Gasteiger partial charge is 0.282 e. The highest BCUT2D eigenvalue weighted by molar-refractivity contribution is 8.04. The normalized spacial score (nSPS) is 15.4. The summed E-state index contributed by atoms with van der Waals surface area (Å²) in [4.78, 5) is 17.2. The second-order valence-corrected chi connectivity index (χ2v) is 8.68. The molecule has 2 aromatic carbocycles. The first-order chi connectivity index (χ1) is 13.4. The van der Waals surface area contributed by atoms with Crippen molar-refractivity contribution in [2.45, 2.75) is 17.0 Å². The minimum Gasteiger partial charge on any atom is -0.288 e. The van der Waals surface area contributed by atoms with Crippen LogP contribution in [0, 0.1) is 6.92 Å². The molecule has 0 saturated carbocycles. The number of hydrogen-bond donors (Lipinski definition) is 1. The highest BCUT2D eigenvalue weighted by Gasteiger charge is 2.27. The monoisotopic (exact) mass is 410 g/mol. The summed E-state index contributed by atoms with van der Waals surface area (Å²) in [6, 6.07) is 13.3. The van der Waals surface area contributed by atoms with Crippen molar-refractivity contribution in [3.8, 4) is 0 Å². The highest BCUT2D eigenvalue weighted by Crippen LogP contribution is 2.32. The molecular formula is C19H14N4O3S2. The van der Waals surface area contributed by atoms with E-state index >= 15 is 0 Å². The lowest BCUT2D eigenvalue weighted by molar-refractivity contribution is 0.104. The van der Waals surface area contributed by atoms with Gasteiger partial charge in [-0.25, -0.2) is 4.98 Å². The average molecular weight is 410 g/mol. The van der Waals surface area contributed by atoms with Crippen molar-refractivity contribution in [3.63, 3.8) is 0 Å². The van der Waals surface area contributed by atoms with Gasteiger partial charge in [0.1, 0.15) is 6.33 Å². The van der Waals surface area contributed by atoms with E-state index in [1.54, 1.807) is 36.4 Å². The number of fused-ring (bicyclic) bond motifs is 1. The fourth-order valence-corrected chi connectivity index (χ4v) is 4.47. The van der Waals surface area contributed by atoms with Gasteiger partial charge in [0.25, 0.3) is 10.0 Å². The number of nitrogens with zero attached hydrogens (tertiary/aromatic N) is 3. The summed E-state index contributed by atoms with van der Waals surface area (Å²) >= 11 is 1.08. The van der Waals surface area contributed by atoms with E-state index in [9.17, 15) is 13.2 Å². The average Bonchev–Trinajstić information content (AvgIpc) is 3.19. The SMILES string of the molecule is Cc1ccc(S(=O)(=O)/N=C2\C=C(Sc3ncn[nH]3)C(=O)c3ccccc32)cc1. The topological polar surface area (TPSA) is 105 Å². The van der Waals surface area contributed by atoms with Gasteiger partial charge in [-0.1, -0.05) is 42.0 Å². The first-order valence-corrected chi connectivity index (χ1v) is 10.5. The van der Waals surface area contributed by atoms with Crippen molar-refractivity contribution >= 4 is 33.3 Å². The largest absolute Gasteiger partial charge is 0.288 e. The van der Waals surface area contributed by atoms with Crippen molar-refractivity contribution in [3.05, 3.63) is 82.5 Å². The molecule has 0 spiro atoms. The molecule has 1 aliphatic rings. The van der Waals surface area contributed by atoms with Crippen LogP contribution < -0.4 is 0 Å². The Morgan fingerprint density at radius 3 is 2.43 bits per heavy atom. The summed E-state index contributed by atoms with van der Waals surface area (Å²) in [7, 11) is -3.94. The zero-order valence-corrected chi connectivity index (χ0v) is 16.3. The molecule has 28 heavy (non-hydrogen) atoms. The van der Waals surface area contributed by atoms with E-state index in [-0.39, 0.29) is 16.4 Å². The Kier molecular flexibility index (Phi) is 4.70. The van der Waals surface area contributed by atoms with Gasteiger partial charge in [0, 0.05) is 11.1 Å². The number of aryl methyl sites for hydroxylation is 1. The molecule has 1 aromatic heterocycles. The molecule has 0 unspecified atom stereocenters. The van der Waals surface area contributed by atoms with Crippen LogP contribution in [0.2, 0.25) is 0 Å².